The molecule has 3 nitrogen and oxygen atoms in total. The number of unbranched alkanes of at least 4 members (excludes halogenated alkanes) is 2. The van der Waals surface area contributed by atoms with Crippen LogP contribution in [-0.2, 0) is 12.8 Å². The Balaban J connectivity index is 1.95. The number of aromatic amines is 1. The van der Waals surface area contributed by atoms with E-state index >= 15 is 0 Å². The molecule has 24 heavy (non-hydrogen) atoms. The number of imidazole rings is 1. The number of nitrogens with one attached hydrogen (secondary N) is 1. The Morgan fingerprint density at radius 3 is 2.62 bits per heavy atom. The lowest BCUT2D eigenvalue weighted by molar-refractivity contribution is 0.759. The van der Waals surface area contributed by atoms with Crippen molar-refractivity contribution in [3.8, 4) is 0 Å². The molecular formula is C21H25N3. The van der Waals surface area contributed by atoms with Crippen molar-refractivity contribution in [2.24, 2.45) is 0 Å². The van der Waals surface area contributed by atoms with E-state index in [0.29, 0.717) is 0 Å². The minimum absolute atomic E-state index is 1.08. The molecule has 0 fully saturated rings. The molecule has 0 saturated carbocycles. The Hall–Kier alpha value is -2.29. The van der Waals surface area contributed by atoms with E-state index in [9.17, 15) is 0 Å². The normalized spacial score (nSPS) is 11.9. The summed E-state index contributed by atoms with van der Waals surface area (Å²) in [6.45, 7) is 4.51. The van der Waals surface area contributed by atoms with Gasteiger partial charge in [-0.2, -0.15) is 0 Å². The summed E-state index contributed by atoms with van der Waals surface area (Å²) < 4.78 is 2.33. The van der Waals surface area contributed by atoms with Crippen LogP contribution >= 0.6 is 0 Å². The fourth-order valence-electron chi connectivity index (χ4n) is 3.61. The zero-order chi connectivity index (χ0) is 16.5. The van der Waals surface area contributed by atoms with Gasteiger partial charge < -0.3 is 4.98 Å². The summed E-state index contributed by atoms with van der Waals surface area (Å²) >= 11 is 0. The van der Waals surface area contributed by atoms with E-state index in [1.54, 1.807) is 0 Å². The first-order valence-corrected chi connectivity index (χ1v) is 9.22. The molecule has 0 aliphatic heterocycles. The fraction of sp³-hybridized carbons (Fsp3) is 0.381. The third-order valence-corrected chi connectivity index (χ3v) is 4.90. The van der Waals surface area contributed by atoms with Gasteiger partial charge in [0.05, 0.1) is 0 Å². The average molecular weight is 319 g/mol. The van der Waals surface area contributed by atoms with Crippen LogP contribution in [0, 0.1) is 0 Å². The first-order valence-electron chi connectivity index (χ1n) is 9.22. The van der Waals surface area contributed by atoms with Gasteiger partial charge in [0.1, 0.15) is 16.8 Å². The van der Waals surface area contributed by atoms with Crippen LogP contribution in [0.25, 0.3) is 27.7 Å². The maximum atomic E-state index is 4.97. The molecule has 0 aliphatic carbocycles. The molecule has 0 radical (unpaired) electrons. The second-order valence-corrected chi connectivity index (χ2v) is 6.74. The second-order valence-electron chi connectivity index (χ2n) is 6.74. The molecule has 3 aromatic heterocycles. The molecule has 0 bridgehead atoms. The fourth-order valence-corrected chi connectivity index (χ4v) is 3.61. The number of nitrogens with zero attached hydrogens (tertiary/aromatic N) is 2. The van der Waals surface area contributed by atoms with Gasteiger partial charge in [0.15, 0.2) is 0 Å². The molecule has 0 amide bonds. The van der Waals surface area contributed by atoms with Crippen molar-refractivity contribution >= 4 is 27.7 Å². The van der Waals surface area contributed by atoms with Crippen LogP contribution in [0.1, 0.15) is 50.8 Å². The number of para-hydroxylation sites is 1. The van der Waals surface area contributed by atoms with Gasteiger partial charge in [-0.05, 0) is 49.4 Å². The van der Waals surface area contributed by atoms with Gasteiger partial charge in [-0.15, -0.1) is 0 Å². The summed E-state index contributed by atoms with van der Waals surface area (Å²) in [7, 11) is 0. The molecule has 4 rings (SSSR count). The lowest BCUT2D eigenvalue weighted by Crippen LogP contribution is -2.00. The van der Waals surface area contributed by atoms with Crippen LogP contribution in [-0.4, -0.2) is 14.4 Å². The van der Waals surface area contributed by atoms with Crippen molar-refractivity contribution in [1.29, 1.82) is 0 Å². The molecule has 1 aromatic carbocycles. The number of pyridine rings is 1. The van der Waals surface area contributed by atoms with Gasteiger partial charge in [0.2, 0.25) is 0 Å². The number of hydrogen-bond acceptors (Lipinski definition) is 1. The summed E-state index contributed by atoms with van der Waals surface area (Å²) in [5.74, 6) is 0. The highest BCUT2D eigenvalue weighted by Gasteiger charge is 2.14. The van der Waals surface area contributed by atoms with Crippen LogP contribution in [0.15, 0.2) is 36.4 Å². The average Bonchev–Trinajstić information content (AvgIpc) is 3.13. The number of aromatic nitrogens is 3. The van der Waals surface area contributed by atoms with Crippen LogP contribution < -0.4 is 0 Å². The van der Waals surface area contributed by atoms with Crippen molar-refractivity contribution in [2.75, 3.05) is 0 Å². The predicted molar refractivity (Wildman–Crippen MR) is 102 cm³/mol. The van der Waals surface area contributed by atoms with Crippen molar-refractivity contribution in [2.45, 2.75) is 52.4 Å². The van der Waals surface area contributed by atoms with E-state index < -0.39 is 0 Å². The summed E-state index contributed by atoms with van der Waals surface area (Å²) in [5, 5.41) is 1.22. The minimum atomic E-state index is 1.08. The van der Waals surface area contributed by atoms with Crippen molar-refractivity contribution < 1.29 is 0 Å². The molecule has 0 atom stereocenters. The largest absolute Gasteiger partial charge is 0.339 e. The second kappa shape index (κ2) is 6.31. The summed E-state index contributed by atoms with van der Waals surface area (Å²) in [6, 6.07) is 13.1. The molecule has 0 saturated heterocycles. The number of H-pyrrole nitrogens is 1. The molecule has 0 aliphatic rings. The quantitative estimate of drug-likeness (QED) is 0.489. The third-order valence-electron chi connectivity index (χ3n) is 4.90. The van der Waals surface area contributed by atoms with E-state index in [2.05, 4.69) is 59.6 Å². The maximum absolute atomic E-state index is 4.97. The summed E-state index contributed by atoms with van der Waals surface area (Å²) in [4.78, 5) is 8.55. The molecule has 124 valence electrons. The first-order chi connectivity index (χ1) is 11.8. The van der Waals surface area contributed by atoms with E-state index in [4.69, 9.17) is 4.98 Å². The topological polar surface area (TPSA) is 33.1 Å². The molecule has 4 aromatic rings. The highest BCUT2D eigenvalue weighted by Crippen LogP contribution is 2.28. The summed E-state index contributed by atoms with van der Waals surface area (Å²) in [6.07, 6.45) is 7.15. The van der Waals surface area contributed by atoms with E-state index in [1.165, 1.54) is 47.8 Å². The minimum Gasteiger partial charge on any atom is -0.339 e. The van der Waals surface area contributed by atoms with Crippen molar-refractivity contribution in [1.82, 2.24) is 14.4 Å². The number of hydrogen-bond donors (Lipinski definition) is 1. The molecule has 3 heterocycles. The lowest BCUT2D eigenvalue weighted by Gasteiger charge is -2.09. The maximum Gasteiger partial charge on any atom is 0.143 e. The highest BCUT2D eigenvalue weighted by molar-refractivity contribution is 6.05. The molecule has 1 N–H and O–H groups in total. The monoisotopic (exact) mass is 319 g/mol. The zero-order valence-electron chi connectivity index (χ0n) is 14.6. The van der Waals surface area contributed by atoms with Gasteiger partial charge in [0.25, 0.3) is 0 Å². The van der Waals surface area contributed by atoms with Gasteiger partial charge >= 0.3 is 0 Å². The van der Waals surface area contributed by atoms with Gasteiger partial charge in [-0.25, -0.2) is 4.98 Å². The standard InChI is InChI=1S/C21H25N3/c1-3-5-9-15-13-16(10-6-4-2)24-19(14-15)23-20-17-11-7-8-12-18(17)22-21(20)24/h7-8,11-14,22H,3-6,9-10H2,1-2H3. The number of aryl methyl sites for hydroxylation is 2. The third kappa shape index (κ3) is 2.48. The lowest BCUT2D eigenvalue weighted by atomic mass is 10.1. The molecule has 0 unspecified atom stereocenters. The summed E-state index contributed by atoms with van der Waals surface area (Å²) in [5.41, 5.74) is 7.29. The smallest absolute Gasteiger partial charge is 0.143 e. The molecular weight excluding hydrogens is 294 g/mol. The van der Waals surface area contributed by atoms with E-state index in [1.807, 2.05) is 0 Å². The Labute approximate surface area is 142 Å². The highest BCUT2D eigenvalue weighted by atomic mass is 15.1. The predicted octanol–water partition coefficient (Wildman–Crippen LogP) is 5.65. The SMILES string of the molecule is CCCCc1cc(CCCC)n2c(c1)nc1c3ccccc3[nH]c12. The first kappa shape index (κ1) is 15.3. The van der Waals surface area contributed by atoms with Crippen molar-refractivity contribution in [3.05, 3.63) is 47.7 Å². The zero-order valence-corrected chi connectivity index (χ0v) is 14.6. The van der Waals surface area contributed by atoms with Crippen molar-refractivity contribution in [3.63, 3.8) is 0 Å². The Kier molecular flexibility index (Phi) is 4.01. The number of benzene rings is 1. The molecule has 0 spiro atoms. The Morgan fingerprint density at radius 1 is 1.00 bits per heavy atom. The molecule has 3 heteroatoms. The van der Waals surface area contributed by atoms with E-state index in [-0.39, 0.29) is 0 Å². The van der Waals surface area contributed by atoms with Gasteiger partial charge in [-0.1, -0.05) is 44.9 Å². The van der Waals surface area contributed by atoms with Gasteiger partial charge in [-0.3, -0.25) is 4.40 Å². The van der Waals surface area contributed by atoms with Gasteiger partial charge in [0, 0.05) is 16.6 Å². The van der Waals surface area contributed by atoms with Crippen LogP contribution in [0.5, 0.6) is 0 Å². The van der Waals surface area contributed by atoms with Crippen LogP contribution in [0.3, 0.4) is 0 Å². The van der Waals surface area contributed by atoms with Crippen LogP contribution in [0.4, 0.5) is 0 Å². The number of rotatable bonds is 6. The van der Waals surface area contributed by atoms with E-state index in [0.717, 1.165) is 29.7 Å². The number of fused-ring (bicyclic) bond motifs is 5. The Bertz CT molecular complexity index is 991. The van der Waals surface area contributed by atoms with Crippen LogP contribution in [0.2, 0.25) is 0 Å². The Morgan fingerprint density at radius 2 is 1.79 bits per heavy atom.